The number of carbonyl (C=O) groups is 1. The topological polar surface area (TPSA) is 82.6 Å². The van der Waals surface area contributed by atoms with E-state index >= 15 is 0 Å². The largest absolute Gasteiger partial charge is 0.496 e. The first kappa shape index (κ1) is 18.8. The number of carbonyl (C=O) groups excluding carboxylic acids is 1. The Labute approximate surface area is 163 Å². The zero-order valence-electron chi connectivity index (χ0n) is 16.1. The van der Waals surface area contributed by atoms with Crippen molar-refractivity contribution < 1.29 is 18.8 Å². The van der Waals surface area contributed by atoms with Crippen molar-refractivity contribution in [3.8, 4) is 0 Å². The zero-order valence-corrected chi connectivity index (χ0v) is 16.9. The lowest BCUT2D eigenvalue weighted by molar-refractivity contribution is 0.00578. The molecule has 0 spiro atoms. The predicted octanol–water partition coefficient (Wildman–Crippen LogP) is 1.90. The molecule has 2 saturated heterocycles. The molecule has 0 unspecified atom stereocenters. The van der Waals surface area contributed by atoms with Crippen LogP contribution in [0.4, 0.5) is 0 Å². The van der Waals surface area contributed by atoms with Crippen molar-refractivity contribution >= 4 is 40.2 Å². The lowest BCUT2D eigenvalue weighted by Crippen LogP contribution is -2.41. The minimum Gasteiger partial charge on any atom is -0.399 e. The third kappa shape index (κ3) is 3.49. The number of hydrogen-bond donors (Lipinski definition) is 1. The molecule has 9 heteroatoms. The number of nitrogens with zero attached hydrogens (tertiary/aromatic N) is 2. The molecule has 2 aliphatic heterocycles. The van der Waals surface area contributed by atoms with Crippen molar-refractivity contribution in [2.24, 2.45) is 0 Å². The highest BCUT2D eigenvalue weighted by molar-refractivity contribution is 7.13. The fraction of sp³-hybridized carbons (Fsp3) is 0.611. The molecular weight excluding hydrogens is 365 g/mol. The molecule has 2 aromatic heterocycles. The van der Waals surface area contributed by atoms with Gasteiger partial charge in [0.1, 0.15) is 4.83 Å². The molecular formula is C18H24BN3O4S. The third-order valence-electron chi connectivity index (χ3n) is 5.65. The molecule has 0 radical (unpaired) electrons. The average molecular weight is 389 g/mol. The standard InChI is InChI=1S/C18H24BN3O4S/c1-17(2)18(3,4)26-19(25-17)11-9-13-14(22-27-16(13)20-10-11)15(23)21-12-5-7-24-8-6-12/h9-10,12H,5-8H2,1-4H3,(H,21,23). The first-order valence-electron chi connectivity index (χ1n) is 9.26. The molecule has 4 heterocycles. The monoisotopic (exact) mass is 389 g/mol. The number of aromatic nitrogens is 2. The molecule has 0 aromatic carbocycles. The molecule has 2 aliphatic rings. The molecule has 27 heavy (non-hydrogen) atoms. The van der Waals surface area contributed by atoms with Crippen LogP contribution >= 0.6 is 11.5 Å². The number of pyridine rings is 1. The number of rotatable bonds is 3. The summed E-state index contributed by atoms with van der Waals surface area (Å²) in [6, 6.07) is 2.04. The van der Waals surface area contributed by atoms with Gasteiger partial charge < -0.3 is 19.4 Å². The van der Waals surface area contributed by atoms with Gasteiger partial charge in [0, 0.05) is 36.3 Å². The molecule has 0 atom stereocenters. The SMILES string of the molecule is CC1(C)OB(c2cnc3snc(C(=O)NC4CCOCC4)c3c2)OC1(C)C. The first-order valence-corrected chi connectivity index (χ1v) is 10.0. The summed E-state index contributed by atoms with van der Waals surface area (Å²) in [4.78, 5) is 17.9. The van der Waals surface area contributed by atoms with Crippen LogP contribution in [0.3, 0.4) is 0 Å². The van der Waals surface area contributed by atoms with Crippen molar-refractivity contribution in [3.05, 3.63) is 18.0 Å². The molecule has 1 amide bonds. The van der Waals surface area contributed by atoms with Crippen LogP contribution in [-0.4, -0.2) is 52.8 Å². The molecule has 0 aliphatic carbocycles. The Kier molecular flexibility index (Phi) is 4.74. The van der Waals surface area contributed by atoms with Crippen molar-refractivity contribution in [2.45, 2.75) is 57.8 Å². The zero-order chi connectivity index (χ0) is 19.2. The number of hydrogen-bond acceptors (Lipinski definition) is 7. The van der Waals surface area contributed by atoms with Crippen LogP contribution in [0.5, 0.6) is 0 Å². The summed E-state index contributed by atoms with van der Waals surface area (Å²) in [5, 5.41) is 3.80. The summed E-state index contributed by atoms with van der Waals surface area (Å²) >= 11 is 1.23. The van der Waals surface area contributed by atoms with Gasteiger partial charge in [-0.3, -0.25) is 4.79 Å². The van der Waals surface area contributed by atoms with Crippen LogP contribution in [0.15, 0.2) is 12.3 Å². The summed E-state index contributed by atoms with van der Waals surface area (Å²) < 4.78 is 21.9. The van der Waals surface area contributed by atoms with E-state index in [0.29, 0.717) is 18.9 Å². The Morgan fingerprint density at radius 2 is 1.89 bits per heavy atom. The summed E-state index contributed by atoms with van der Waals surface area (Å²) in [5.74, 6) is -0.166. The summed E-state index contributed by atoms with van der Waals surface area (Å²) in [5.41, 5.74) is 0.347. The number of ether oxygens (including phenoxy) is 1. The average Bonchev–Trinajstić information content (AvgIpc) is 3.13. The van der Waals surface area contributed by atoms with E-state index < -0.39 is 18.3 Å². The second-order valence-electron chi connectivity index (χ2n) is 8.10. The van der Waals surface area contributed by atoms with Crippen molar-refractivity contribution in [2.75, 3.05) is 13.2 Å². The Balaban J connectivity index is 1.59. The molecule has 144 valence electrons. The van der Waals surface area contributed by atoms with Crippen molar-refractivity contribution in [1.82, 2.24) is 14.7 Å². The molecule has 0 bridgehead atoms. The first-order chi connectivity index (χ1) is 12.8. The maximum atomic E-state index is 12.7. The number of nitrogens with one attached hydrogen (secondary N) is 1. The second-order valence-corrected chi connectivity index (χ2v) is 8.85. The lowest BCUT2D eigenvalue weighted by atomic mass is 9.80. The Hall–Kier alpha value is -1.55. The summed E-state index contributed by atoms with van der Waals surface area (Å²) in [6.45, 7) is 9.40. The van der Waals surface area contributed by atoms with Gasteiger partial charge in [0.05, 0.1) is 11.2 Å². The highest BCUT2D eigenvalue weighted by Crippen LogP contribution is 2.36. The van der Waals surface area contributed by atoms with Gasteiger partial charge in [-0.25, -0.2) is 4.98 Å². The fourth-order valence-corrected chi connectivity index (χ4v) is 3.93. The minimum absolute atomic E-state index is 0.127. The third-order valence-corrected chi connectivity index (χ3v) is 6.42. The molecule has 2 fully saturated rings. The second kappa shape index (κ2) is 6.81. The van der Waals surface area contributed by atoms with Crippen LogP contribution in [0.2, 0.25) is 0 Å². The van der Waals surface area contributed by atoms with Gasteiger partial charge >= 0.3 is 7.12 Å². The summed E-state index contributed by atoms with van der Waals surface area (Å²) in [7, 11) is -0.516. The van der Waals surface area contributed by atoms with E-state index in [2.05, 4.69) is 14.7 Å². The molecule has 0 saturated carbocycles. The summed E-state index contributed by atoms with van der Waals surface area (Å²) in [6.07, 6.45) is 3.39. The van der Waals surface area contributed by atoms with E-state index in [1.807, 2.05) is 33.8 Å². The highest BCUT2D eigenvalue weighted by Gasteiger charge is 2.51. The maximum absolute atomic E-state index is 12.7. The van der Waals surface area contributed by atoms with E-state index in [1.54, 1.807) is 6.20 Å². The quantitative estimate of drug-likeness (QED) is 0.808. The van der Waals surface area contributed by atoms with Crippen molar-refractivity contribution in [3.63, 3.8) is 0 Å². The number of fused-ring (bicyclic) bond motifs is 1. The normalized spacial score (nSPS) is 22.3. The molecule has 7 nitrogen and oxygen atoms in total. The van der Waals surface area contributed by atoms with Gasteiger partial charge in [-0.05, 0) is 58.1 Å². The van der Waals surface area contributed by atoms with E-state index in [4.69, 9.17) is 14.0 Å². The van der Waals surface area contributed by atoms with Crippen LogP contribution < -0.4 is 10.8 Å². The molecule has 2 aromatic rings. The Morgan fingerprint density at radius 1 is 1.22 bits per heavy atom. The van der Waals surface area contributed by atoms with E-state index in [1.165, 1.54) is 11.5 Å². The van der Waals surface area contributed by atoms with Gasteiger partial charge in [0.25, 0.3) is 5.91 Å². The van der Waals surface area contributed by atoms with E-state index in [0.717, 1.165) is 28.5 Å². The molecule has 4 rings (SSSR count). The minimum atomic E-state index is -0.516. The van der Waals surface area contributed by atoms with Crippen LogP contribution in [0.25, 0.3) is 10.2 Å². The number of amides is 1. The van der Waals surface area contributed by atoms with Gasteiger partial charge in [-0.1, -0.05) is 0 Å². The van der Waals surface area contributed by atoms with Gasteiger partial charge in [-0.15, -0.1) is 0 Å². The van der Waals surface area contributed by atoms with E-state index in [-0.39, 0.29) is 11.9 Å². The van der Waals surface area contributed by atoms with Crippen LogP contribution in [0, 0.1) is 0 Å². The van der Waals surface area contributed by atoms with Gasteiger partial charge in [-0.2, -0.15) is 4.37 Å². The predicted molar refractivity (Wildman–Crippen MR) is 104 cm³/mol. The van der Waals surface area contributed by atoms with Crippen molar-refractivity contribution in [1.29, 1.82) is 0 Å². The van der Waals surface area contributed by atoms with E-state index in [9.17, 15) is 4.79 Å². The molecule has 1 N–H and O–H groups in total. The lowest BCUT2D eigenvalue weighted by Gasteiger charge is -2.32. The van der Waals surface area contributed by atoms with Gasteiger partial charge in [0.2, 0.25) is 0 Å². The van der Waals surface area contributed by atoms with Crippen LogP contribution in [-0.2, 0) is 14.0 Å². The highest BCUT2D eigenvalue weighted by atomic mass is 32.1. The Bertz CT molecular complexity index is 847. The van der Waals surface area contributed by atoms with Gasteiger partial charge in [0.15, 0.2) is 5.69 Å². The smallest absolute Gasteiger partial charge is 0.399 e. The van der Waals surface area contributed by atoms with Crippen LogP contribution in [0.1, 0.15) is 51.0 Å². The fourth-order valence-electron chi connectivity index (χ4n) is 3.22. The maximum Gasteiger partial charge on any atom is 0.496 e. The Morgan fingerprint density at radius 3 is 2.56 bits per heavy atom.